The highest BCUT2D eigenvalue weighted by Gasteiger charge is 2.31. The van der Waals surface area contributed by atoms with E-state index < -0.39 is 18.6 Å². The van der Waals surface area contributed by atoms with Gasteiger partial charge < -0.3 is 14.4 Å². The lowest BCUT2D eigenvalue weighted by Gasteiger charge is -2.12. The molecule has 2 aromatic heterocycles. The van der Waals surface area contributed by atoms with Gasteiger partial charge in [-0.3, -0.25) is 4.79 Å². The lowest BCUT2D eigenvalue weighted by molar-refractivity contribution is -0.139. The average molecular weight is 414 g/mol. The molecule has 0 spiro atoms. The van der Waals surface area contributed by atoms with Crippen molar-refractivity contribution in [2.75, 3.05) is 28.2 Å². The minimum absolute atomic E-state index is 0.0614. The normalized spacial score (nSPS) is 12.3. The van der Waals surface area contributed by atoms with Crippen LogP contribution in [0.3, 0.4) is 0 Å². The summed E-state index contributed by atoms with van der Waals surface area (Å²) in [5.74, 6) is -0.642. The van der Waals surface area contributed by atoms with Crippen LogP contribution in [0.15, 0.2) is 18.2 Å². The Labute approximate surface area is 164 Å². The molecule has 10 heteroatoms. The first-order valence-electron chi connectivity index (χ1n) is 8.39. The fraction of sp³-hybridized carbons (Fsp3) is 0.389. The Morgan fingerprint density at radius 2 is 1.86 bits per heavy atom. The molecule has 0 aliphatic carbocycles. The molecule has 0 radical (unpaired) electrons. The third-order valence-corrected chi connectivity index (χ3v) is 4.42. The number of hydrogen-bond donors (Lipinski definition) is 0. The number of nitrogens with zero attached hydrogens (tertiary/aromatic N) is 5. The van der Waals surface area contributed by atoms with Gasteiger partial charge in [-0.1, -0.05) is 17.7 Å². The smallest absolute Gasteiger partial charge is 0.342 e. The monoisotopic (exact) mass is 413 g/mol. The molecule has 3 rings (SSSR count). The summed E-state index contributed by atoms with van der Waals surface area (Å²) in [6.45, 7) is -0.631. The van der Waals surface area contributed by atoms with Crippen LogP contribution in [-0.4, -0.2) is 64.6 Å². The third-order valence-electron chi connectivity index (χ3n) is 4.15. The maximum Gasteiger partial charge on any atom is 0.406 e. The van der Waals surface area contributed by atoms with Gasteiger partial charge in [0.2, 0.25) is 5.82 Å². The van der Waals surface area contributed by atoms with E-state index in [2.05, 4.69) is 9.97 Å². The Bertz CT molecular complexity index is 1060. The van der Waals surface area contributed by atoms with Crippen molar-refractivity contribution < 1.29 is 18.0 Å². The molecule has 28 heavy (non-hydrogen) atoms. The quantitative estimate of drug-likeness (QED) is 0.614. The molecule has 1 aromatic carbocycles. The van der Waals surface area contributed by atoms with Crippen molar-refractivity contribution >= 4 is 39.4 Å². The van der Waals surface area contributed by atoms with Crippen LogP contribution in [-0.2, 0) is 13.1 Å². The summed E-state index contributed by atoms with van der Waals surface area (Å²) in [7, 11) is 6.85. The fourth-order valence-corrected chi connectivity index (χ4v) is 3.36. The summed E-state index contributed by atoms with van der Waals surface area (Å²) in [4.78, 5) is 23.7. The van der Waals surface area contributed by atoms with Crippen molar-refractivity contribution in [2.24, 2.45) is 0 Å². The van der Waals surface area contributed by atoms with Crippen molar-refractivity contribution in [1.29, 1.82) is 0 Å². The van der Waals surface area contributed by atoms with Gasteiger partial charge >= 0.3 is 6.18 Å². The van der Waals surface area contributed by atoms with Crippen LogP contribution < -0.4 is 0 Å². The van der Waals surface area contributed by atoms with Crippen molar-refractivity contribution in [3.63, 3.8) is 0 Å². The first-order valence-corrected chi connectivity index (χ1v) is 8.77. The van der Waals surface area contributed by atoms with Crippen LogP contribution in [0.4, 0.5) is 13.2 Å². The number of carbonyl (C=O) groups excluding carboxylic acids is 1. The molecule has 150 valence electrons. The van der Waals surface area contributed by atoms with Gasteiger partial charge in [0.15, 0.2) is 5.15 Å². The minimum Gasteiger partial charge on any atom is -0.342 e. The highest BCUT2D eigenvalue weighted by Crippen LogP contribution is 2.34. The number of amides is 1. The largest absolute Gasteiger partial charge is 0.406 e. The van der Waals surface area contributed by atoms with Crippen molar-refractivity contribution in [2.45, 2.75) is 19.3 Å². The zero-order valence-corrected chi connectivity index (χ0v) is 16.6. The Balaban J connectivity index is 2.35. The van der Waals surface area contributed by atoms with E-state index in [0.29, 0.717) is 17.4 Å². The zero-order valence-electron chi connectivity index (χ0n) is 15.8. The zero-order chi connectivity index (χ0) is 20.8. The Hall–Kier alpha value is -2.39. The topological polar surface area (TPSA) is 54.3 Å². The molecule has 6 nitrogen and oxygen atoms in total. The van der Waals surface area contributed by atoms with Gasteiger partial charge in [-0.15, -0.1) is 0 Å². The van der Waals surface area contributed by atoms with Crippen molar-refractivity contribution in [1.82, 2.24) is 24.3 Å². The molecule has 1 amide bonds. The Morgan fingerprint density at radius 3 is 2.43 bits per heavy atom. The summed E-state index contributed by atoms with van der Waals surface area (Å²) in [6, 6.07) is 5.16. The predicted octanol–water partition coefficient (Wildman–Crippen LogP) is 3.56. The molecular formula is C18H19ClF3N5O. The molecule has 0 saturated carbocycles. The van der Waals surface area contributed by atoms with Crippen molar-refractivity contribution in [3.8, 4) is 0 Å². The van der Waals surface area contributed by atoms with Gasteiger partial charge in [0.25, 0.3) is 5.91 Å². The molecule has 0 aliphatic rings. The second-order valence-corrected chi connectivity index (χ2v) is 7.38. The fourth-order valence-electron chi connectivity index (χ4n) is 3.09. The van der Waals surface area contributed by atoms with Crippen LogP contribution in [0.5, 0.6) is 0 Å². The van der Waals surface area contributed by atoms with E-state index >= 15 is 0 Å². The Morgan fingerprint density at radius 1 is 1.18 bits per heavy atom. The predicted molar refractivity (Wildman–Crippen MR) is 102 cm³/mol. The van der Waals surface area contributed by atoms with E-state index in [0.717, 1.165) is 10.1 Å². The van der Waals surface area contributed by atoms with Crippen LogP contribution in [0.2, 0.25) is 5.15 Å². The highest BCUT2D eigenvalue weighted by atomic mass is 35.5. The molecule has 0 fully saturated rings. The third kappa shape index (κ3) is 3.90. The summed E-state index contributed by atoms with van der Waals surface area (Å²) >= 11 is 6.22. The van der Waals surface area contributed by atoms with Gasteiger partial charge in [-0.25, -0.2) is 9.97 Å². The molecule has 0 bridgehead atoms. The summed E-state index contributed by atoms with van der Waals surface area (Å²) in [5.41, 5.74) is 1.52. The number of fused-ring (bicyclic) bond motifs is 3. The molecule has 0 aliphatic heterocycles. The van der Waals surface area contributed by atoms with E-state index in [1.54, 1.807) is 18.2 Å². The van der Waals surface area contributed by atoms with E-state index in [-0.39, 0.29) is 22.0 Å². The molecule has 2 heterocycles. The second-order valence-electron chi connectivity index (χ2n) is 7.03. The van der Waals surface area contributed by atoms with Crippen LogP contribution in [0.1, 0.15) is 16.2 Å². The van der Waals surface area contributed by atoms with E-state index in [1.807, 2.05) is 19.0 Å². The lowest BCUT2D eigenvalue weighted by Crippen LogP contribution is -2.24. The molecule has 0 saturated heterocycles. The van der Waals surface area contributed by atoms with Gasteiger partial charge in [-0.2, -0.15) is 13.2 Å². The standard InChI is InChI=1S/C18H19ClF3N5O/c1-25(2)8-10-5-6-12-11(7-10)13-14(27(12)9-18(20,21)22)15(19)24-16(23-13)17(28)26(3)4/h5-7H,8-9H2,1-4H3. The first kappa shape index (κ1) is 20.3. The van der Waals surface area contributed by atoms with Gasteiger partial charge in [-0.05, 0) is 31.8 Å². The average Bonchev–Trinajstić information content (AvgIpc) is 2.85. The molecule has 0 N–H and O–H groups in total. The van der Waals surface area contributed by atoms with E-state index in [9.17, 15) is 18.0 Å². The lowest BCUT2D eigenvalue weighted by atomic mass is 10.1. The van der Waals surface area contributed by atoms with Crippen LogP contribution in [0, 0.1) is 0 Å². The minimum atomic E-state index is -4.46. The van der Waals surface area contributed by atoms with Gasteiger partial charge in [0.1, 0.15) is 17.6 Å². The number of aromatic nitrogens is 3. The number of benzene rings is 1. The number of rotatable bonds is 4. The number of halogens is 4. The van der Waals surface area contributed by atoms with Gasteiger partial charge in [0, 0.05) is 26.0 Å². The Kier molecular flexibility index (Phi) is 5.24. The maximum absolute atomic E-state index is 13.2. The highest BCUT2D eigenvalue weighted by molar-refractivity contribution is 6.35. The van der Waals surface area contributed by atoms with E-state index in [1.165, 1.54) is 19.0 Å². The molecule has 0 atom stereocenters. The molecule has 0 unspecified atom stereocenters. The van der Waals surface area contributed by atoms with Crippen LogP contribution >= 0.6 is 11.6 Å². The summed E-state index contributed by atoms with van der Waals surface area (Å²) in [5, 5.41) is 0.306. The number of alkyl halides is 3. The molecule has 3 aromatic rings. The van der Waals surface area contributed by atoms with Crippen LogP contribution in [0.25, 0.3) is 21.9 Å². The number of carbonyl (C=O) groups is 1. The van der Waals surface area contributed by atoms with E-state index in [4.69, 9.17) is 11.6 Å². The SMILES string of the molecule is CN(C)Cc1ccc2c(c1)c1nc(C(=O)N(C)C)nc(Cl)c1n2CC(F)(F)F. The molecular weight excluding hydrogens is 395 g/mol. The maximum atomic E-state index is 13.2. The summed E-state index contributed by atoms with van der Waals surface area (Å²) in [6.07, 6.45) is -4.46. The second kappa shape index (κ2) is 7.21. The summed E-state index contributed by atoms with van der Waals surface area (Å²) < 4.78 is 40.6. The number of hydrogen-bond acceptors (Lipinski definition) is 4. The van der Waals surface area contributed by atoms with Gasteiger partial charge in [0.05, 0.1) is 5.52 Å². The first-order chi connectivity index (χ1) is 13.0. The van der Waals surface area contributed by atoms with Crippen molar-refractivity contribution in [3.05, 3.63) is 34.7 Å².